The molecule has 2 rings (SSSR count). The van der Waals surface area contributed by atoms with Gasteiger partial charge in [-0.1, -0.05) is 25.1 Å². The second kappa shape index (κ2) is 4.57. The van der Waals surface area contributed by atoms with Crippen LogP contribution in [-0.2, 0) is 11.2 Å². The molecule has 0 saturated carbocycles. The molecule has 0 atom stereocenters. The van der Waals surface area contributed by atoms with Crippen molar-refractivity contribution in [1.29, 1.82) is 0 Å². The number of rotatable bonds is 4. The number of carboxylic acid groups (broad SMARTS) is 1. The molecule has 1 aromatic heterocycles. The zero-order valence-corrected chi connectivity index (χ0v) is 9.93. The van der Waals surface area contributed by atoms with E-state index in [-0.39, 0.29) is 12.3 Å². The topological polar surface area (TPSA) is 63.3 Å². The second-order valence-electron chi connectivity index (χ2n) is 4.45. The van der Waals surface area contributed by atoms with E-state index in [2.05, 4.69) is 5.16 Å². The van der Waals surface area contributed by atoms with E-state index in [1.165, 1.54) is 0 Å². The summed E-state index contributed by atoms with van der Waals surface area (Å²) in [4.78, 5) is 10.5. The third-order valence-electron chi connectivity index (χ3n) is 2.72. The minimum Gasteiger partial charge on any atom is -0.481 e. The van der Waals surface area contributed by atoms with Crippen LogP contribution in [0.5, 0.6) is 0 Å². The van der Waals surface area contributed by atoms with Crippen LogP contribution in [0.1, 0.15) is 37.5 Å². The first-order valence-electron chi connectivity index (χ1n) is 5.68. The maximum atomic E-state index is 10.5. The zero-order valence-electron chi connectivity index (χ0n) is 9.93. The summed E-state index contributed by atoms with van der Waals surface area (Å²) in [6.07, 6.45) is 0.682. The smallest absolute Gasteiger partial charge is 0.303 e. The van der Waals surface area contributed by atoms with Gasteiger partial charge in [0.05, 0.1) is 0 Å². The van der Waals surface area contributed by atoms with E-state index >= 15 is 0 Å². The Balaban J connectivity index is 2.34. The van der Waals surface area contributed by atoms with Gasteiger partial charge in [0.15, 0.2) is 0 Å². The average molecular weight is 233 g/mol. The molecular formula is C13H15NO3. The number of carboxylic acids is 1. The molecule has 0 radical (unpaired) electrons. The van der Waals surface area contributed by atoms with Gasteiger partial charge in [-0.15, -0.1) is 0 Å². The highest BCUT2D eigenvalue weighted by atomic mass is 16.5. The van der Waals surface area contributed by atoms with Gasteiger partial charge in [0, 0.05) is 17.7 Å². The van der Waals surface area contributed by atoms with Crippen molar-refractivity contribution in [2.75, 3.05) is 0 Å². The maximum Gasteiger partial charge on any atom is 0.303 e. The molecular weight excluding hydrogens is 218 g/mol. The fourth-order valence-corrected chi connectivity index (χ4v) is 1.83. The number of aryl methyl sites for hydroxylation is 1. The van der Waals surface area contributed by atoms with Crippen LogP contribution in [0.25, 0.3) is 10.9 Å². The molecule has 1 aromatic carbocycles. The van der Waals surface area contributed by atoms with Crippen LogP contribution in [0.3, 0.4) is 0 Å². The molecule has 90 valence electrons. The van der Waals surface area contributed by atoms with Crippen LogP contribution < -0.4 is 0 Å². The van der Waals surface area contributed by atoms with Gasteiger partial charge in [0.2, 0.25) is 0 Å². The Bertz CT molecular complexity index is 543. The lowest BCUT2D eigenvalue weighted by Gasteiger charge is -2.01. The minimum absolute atomic E-state index is 0.147. The monoisotopic (exact) mass is 233 g/mol. The van der Waals surface area contributed by atoms with Crippen molar-refractivity contribution in [3.63, 3.8) is 0 Å². The predicted octanol–water partition coefficient (Wildman–Crippen LogP) is 2.97. The number of fused-ring (bicyclic) bond motifs is 1. The molecule has 0 saturated heterocycles. The molecule has 0 fully saturated rings. The summed E-state index contributed by atoms with van der Waals surface area (Å²) in [6, 6.07) is 5.75. The van der Waals surface area contributed by atoms with Crippen LogP contribution in [0.15, 0.2) is 22.7 Å². The van der Waals surface area contributed by atoms with E-state index < -0.39 is 5.97 Å². The summed E-state index contributed by atoms with van der Waals surface area (Å²) in [7, 11) is 0. The van der Waals surface area contributed by atoms with Crippen LogP contribution in [0.2, 0.25) is 0 Å². The highest BCUT2D eigenvalue weighted by molar-refractivity contribution is 5.81. The lowest BCUT2D eigenvalue weighted by molar-refractivity contribution is -0.136. The molecule has 4 nitrogen and oxygen atoms in total. The van der Waals surface area contributed by atoms with Gasteiger partial charge in [-0.3, -0.25) is 4.79 Å². The molecule has 0 amide bonds. The van der Waals surface area contributed by atoms with E-state index in [9.17, 15) is 4.79 Å². The van der Waals surface area contributed by atoms with Gasteiger partial charge < -0.3 is 9.63 Å². The molecule has 0 aliphatic carbocycles. The first kappa shape index (κ1) is 11.6. The van der Waals surface area contributed by atoms with Gasteiger partial charge in [-0.2, -0.15) is 0 Å². The van der Waals surface area contributed by atoms with Crippen molar-refractivity contribution in [1.82, 2.24) is 5.16 Å². The van der Waals surface area contributed by atoms with Crippen molar-refractivity contribution in [3.05, 3.63) is 29.5 Å². The van der Waals surface area contributed by atoms with Crippen LogP contribution in [-0.4, -0.2) is 16.2 Å². The number of benzene rings is 1. The first-order valence-corrected chi connectivity index (χ1v) is 5.68. The first-order chi connectivity index (χ1) is 8.08. The Hall–Kier alpha value is -1.84. The van der Waals surface area contributed by atoms with Crippen LogP contribution in [0.4, 0.5) is 0 Å². The molecule has 2 aromatic rings. The largest absolute Gasteiger partial charge is 0.481 e. The normalized spacial score (nSPS) is 11.2. The molecule has 1 N–H and O–H groups in total. The standard InChI is InChI=1S/C13H15NO3/c1-8(2)13-10-7-9(4-6-12(15)16)3-5-11(10)14-17-13/h3,5,7-8H,4,6H2,1-2H3,(H,15,16). The van der Waals surface area contributed by atoms with Crippen LogP contribution in [0, 0.1) is 0 Å². The fourth-order valence-electron chi connectivity index (χ4n) is 1.83. The number of carbonyl (C=O) groups is 1. The number of nitrogens with zero attached hydrogens (tertiary/aromatic N) is 1. The van der Waals surface area contributed by atoms with Gasteiger partial charge in [-0.05, 0) is 24.1 Å². The Morgan fingerprint density at radius 2 is 2.24 bits per heavy atom. The molecule has 0 spiro atoms. The third-order valence-corrected chi connectivity index (χ3v) is 2.72. The number of aromatic nitrogens is 1. The summed E-state index contributed by atoms with van der Waals surface area (Å²) in [5.41, 5.74) is 1.83. The van der Waals surface area contributed by atoms with Gasteiger partial charge in [-0.25, -0.2) is 0 Å². The predicted molar refractivity (Wildman–Crippen MR) is 64.1 cm³/mol. The van der Waals surface area contributed by atoms with Crippen molar-refractivity contribution >= 4 is 16.9 Å². The van der Waals surface area contributed by atoms with Crippen molar-refractivity contribution in [2.45, 2.75) is 32.6 Å². The molecule has 4 heteroatoms. The summed E-state index contributed by atoms with van der Waals surface area (Å²) in [5.74, 6) is 0.353. The lowest BCUT2D eigenvalue weighted by Crippen LogP contribution is -1.97. The lowest BCUT2D eigenvalue weighted by atomic mass is 10.0. The van der Waals surface area contributed by atoms with Crippen LogP contribution >= 0.6 is 0 Å². The molecule has 17 heavy (non-hydrogen) atoms. The summed E-state index contributed by atoms with van der Waals surface area (Å²) in [5, 5.41) is 13.6. The third kappa shape index (κ3) is 2.46. The van der Waals surface area contributed by atoms with Gasteiger partial charge in [0.1, 0.15) is 11.3 Å². The van der Waals surface area contributed by atoms with E-state index in [4.69, 9.17) is 9.63 Å². The van der Waals surface area contributed by atoms with Gasteiger partial charge >= 0.3 is 5.97 Å². The number of hydrogen-bond donors (Lipinski definition) is 1. The summed E-state index contributed by atoms with van der Waals surface area (Å²) < 4.78 is 5.29. The zero-order chi connectivity index (χ0) is 12.4. The van der Waals surface area contributed by atoms with E-state index in [1.54, 1.807) is 0 Å². The fraction of sp³-hybridized carbons (Fsp3) is 0.385. The second-order valence-corrected chi connectivity index (χ2v) is 4.45. The highest BCUT2D eigenvalue weighted by Gasteiger charge is 2.12. The quantitative estimate of drug-likeness (QED) is 0.881. The maximum absolute atomic E-state index is 10.5. The average Bonchev–Trinajstić information content (AvgIpc) is 2.69. The minimum atomic E-state index is -0.778. The molecule has 0 aliphatic heterocycles. The summed E-state index contributed by atoms with van der Waals surface area (Å²) in [6.45, 7) is 4.09. The van der Waals surface area contributed by atoms with E-state index in [0.29, 0.717) is 6.42 Å². The Morgan fingerprint density at radius 3 is 2.88 bits per heavy atom. The van der Waals surface area contributed by atoms with Crippen molar-refractivity contribution < 1.29 is 14.4 Å². The number of hydrogen-bond acceptors (Lipinski definition) is 3. The molecule has 1 heterocycles. The van der Waals surface area contributed by atoms with Crippen molar-refractivity contribution in [2.24, 2.45) is 0 Å². The van der Waals surface area contributed by atoms with E-state index in [0.717, 1.165) is 22.2 Å². The van der Waals surface area contributed by atoms with Crippen molar-refractivity contribution in [3.8, 4) is 0 Å². The SMILES string of the molecule is CC(C)c1onc2ccc(CCC(=O)O)cc12. The van der Waals surface area contributed by atoms with E-state index in [1.807, 2.05) is 32.0 Å². The molecule has 0 bridgehead atoms. The molecule has 0 unspecified atom stereocenters. The summed E-state index contributed by atoms with van der Waals surface area (Å²) >= 11 is 0. The Morgan fingerprint density at radius 1 is 1.47 bits per heavy atom. The Kier molecular flexibility index (Phi) is 3.13. The van der Waals surface area contributed by atoms with Gasteiger partial charge in [0.25, 0.3) is 0 Å². The number of aliphatic carboxylic acids is 1. The molecule has 0 aliphatic rings. The Labute approximate surface area is 99.2 Å². The highest BCUT2D eigenvalue weighted by Crippen LogP contribution is 2.26.